The summed E-state index contributed by atoms with van der Waals surface area (Å²) in [6.07, 6.45) is 0.822. The Balaban J connectivity index is 2.29. The number of non-ortho nitro benzene ring substituents is 1. The lowest BCUT2D eigenvalue weighted by molar-refractivity contribution is -0.394. The van der Waals surface area contributed by atoms with Crippen molar-refractivity contribution in [3.63, 3.8) is 0 Å². The zero-order chi connectivity index (χ0) is 18.7. The molecule has 1 amide bonds. The highest BCUT2D eigenvalue weighted by molar-refractivity contribution is 5.97. The molecule has 0 atom stereocenters. The molecule has 1 aromatic carbocycles. The van der Waals surface area contributed by atoms with Gasteiger partial charge < -0.3 is 9.64 Å². The van der Waals surface area contributed by atoms with E-state index in [4.69, 9.17) is 0 Å². The van der Waals surface area contributed by atoms with Gasteiger partial charge in [-0.2, -0.15) is 0 Å². The Morgan fingerprint density at radius 1 is 1.16 bits per heavy atom. The van der Waals surface area contributed by atoms with Gasteiger partial charge >= 0.3 is 5.97 Å². The SMILES string of the molecule is COC(=O)C1CCN(C(=O)c2cc([N+](=O)[O-])cc([N+](=O)[O-])c2C)CC1. The van der Waals surface area contributed by atoms with Crippen molar-refractivity contribution in [1.82, 2.24) is 4.90 Å². The summed E-state index contributed by atoms with van der Waals surface area (Å²) in [5, 5.41) is 22.1. The summed E-state index contributed by atoms with van der Waals surface area (Å²) < 4.78 is 4.68. The van der Waals surface area contributed by atoms with Crippen LogP contribution in [-0.4, -0.2) is 46.8 Å². The zero-order valence-electron chi connectivity index (χ0n) is 13.8. The Hall–Kier alpha value is -3.04. The number of nitro benzene ring substituents is 2. The summed E-state index contributed by atoms with van der Waals surface area (Å²) in [4.78, 5) is 46.2. The predicted octanol–water partition coefficient (Wildman–Crippen LogP) is 1.84. The second-order valence-electron chi connectivity index (χ2n) is 5.74. The number of methoxy groups -OCH3 is 1. The van der Waals surface area contributed by atoms with E-state index < -0.39 is 27.1 Å². The van der Waals surface area contributed by atoms with Crippen molar-refractivity contribution >= 4 is 23.3 Å². The van der Waals surface area contributed by atoms with Crippen molar-refractivity contribution in [3.05, 3.63) is 43.5 Å². The molecule has 2 rings (SSSR count). The number of hydrogen-bond acceptors (Lipinski definition) is 7. The number of carbonyl (C=O) groups is 2. The second-order valence-corrected chi connectivity index (χ2v) is 5.74. The van der Waals surface area contributed by atoms with Crippen LogP contribution in [0, 0.1) is 33.1 Å². The van der Waals surface area contributed by atoms with Crippen LogP contribution in [0.3, 0.4) is 0 Å². The Morgan fingerprint density at radius 2 is 1.76 bits per heavy atom. The van der Waals surface area contributed by atoms with Crippen LogP contribution in [0.1, 0.15) is 28.8 Å². The Kier molecular flexibility index (Phi) is 5.30. The highest BCUT2D eigenvalue weighted by Crippen LogP contribution is 2.30. The van der Waals surface area contributed by atoms with Gasteiger partial charge in [-0.05, 0) is 19.8 Å². The van der Waals surface area contributed by atoms with Crippen LogP contribution >= 0.6 is 0 Å². The zero-order valence-corrected chi connectivity index (χ0v) is 13.8. The van der Waals surface area contributed by atoms with E-state index in [1.54, 1.807) is 0 Å². The first-order valence-electron chi connectivity index (χ1n) is 7.56. The molecule has 0 radical (unpaired) electrons. The van der Waals surface area contributed by atoms with Gasteiger partial charge in [0.25, 0.3) is 17.3 Å². The fourth-order valence-electron chi connectivity index (χ4n) is 2.86. The standard InChI is InChI=1S/C15H17N3O7/c1-9-12(7-11(17(21)22)8-13(9)18(23)24)14(19)16-5-3-10(4-6-16)15(20)25-2/h7-8,10H,3-6H2,1-2H3. The van der Waals surface area contributed by atoms with Crippen LogP contribution in [0.2, 0.25) is 0 Å². The maximum absolute atomic E-state index is 12.7. The number of nitrogens with zero attached hydrogens (tertiary/aromatic N) is 3. The molecule has 25 heavy (non-hydrogen) atoms. The summed E-state index contributed by atoms with van der Waals surface area (Å²) in [6, 6.07) is 1.90. The topological polar surface area (TPSA) is 133 Å². The average Bonchev–Trinajstić information content (AvgIpc) is 2.60. The second kappa shape index (κ2) is 7.24. The lowest BCUT2D eigenvalue weighted by Crippen LogP contribution is -2.40. The highest BCUT2D eigenvalue weighted by atomic mass is 16.6. The summed E-state index contributed by atoms with van der Waals surface area (Å²) in [5.74, 6) is -1.16. The number of nitro groups is 2. The molecular weight excluding hydrogens is 334 g/mol. The molecule has 0 saturated carbocycles. The monoisotopic (exact) mass is 351 g/mol. The van der Waals surface area contributed by atoms with Crippen LogP contribution in [0.4, 0.5) is 11.4 Å². The Morgan fingerprint density at radius 3 is 2.24 bits per heavy atom. The normalized spacial score (nSPS) is 14.9. The predicted molar refractivity (Wildman–Crippen MR) is 85.1 cm³/mol. The molecule has 1 saturated heterocycles. The molecule has 0 N–H and O–H groups in total. The summed E-state index contributed by atoms with van der Waals surface area (Å²) >= 11 is 0. The van der Waals surface area contributed by atoms with Crippen LogP contribution in [0.25, 0.3) is 0 Å². The van der Waals surface area contributed by atoms with Crippen molar-refractivity contribution in [2.75, 3.05) is 20.2 Å². The first-order valence-corrected chi connectivity index (χ1v) is 7.56. The average molecular weight is 351 g/mol. The summed E-state index contributed by atoms with van der Waals surface area (Å²) in [6.45, 7) is 1.93. The molecule has 0 unspecified atom stereocenters. The Bertz CT molecular complexity index is 739. The summed E-state index contributed by atoms with van der Waals surface area (Å²) in [7, 11) is 1.30. The van der Waals surface area contributed by atoms with E-state index in [1.165, 1.54) is 18.9 Å². The van der Waals surface area contributed by atoms with Gasteiger partial charge in [0, 0.05) is 24.7 Å². The lowest BCUT2D eigenvalue weighted by atomic mass is 9.95. The van der Waals surface area contributed by atoms with Crippen molar-refractivity contribution in [2.24, 2.45) is 5.92 Å². The van der Waals surface area contributed by atoms with E-state index >= 15 is 0 Å². The van der Waals surface area contributed by atoms with Gasteiger partial charge in [-0.15, -0.1) is 0 Å². The van der Waals surface area contributed by atoms with Crippen molar-refractivity contribution in [1.29, 1.82) is 0 Å². The first-order chi connectivity index (χ1) is 11.8. The molecule has 0 aromatic heterocycles. The molecule has 0 aliphatic carbocycles. The van der Waals surface area contributed by atoms with E-state index in [0.717, 1.165) is 12.1 Å². The van der Waals surface area contributed by atoms with Gasteiger partial charge in [0.05, 0.1) is 34.5 Å². The summed E-state index contributed by atoms with van der Waals surface area (Å²) in [5.41, 5.74) is -0.972. The molecule has 1 aromatic rings. The maximum Gasteiger partial charge on any atom is 0.308 e. The van der Waals surface area contributed by atoms with Crippen molar-refractivity contribution < 1.29 is 24.2 Å². The minimum Gasteiger partial charge on any atom is -0.469 e. The van der Waals surface area contributed by atoms with Crippen molar-refractivity contribution in [2.45, 2.75) is 19.8 Å². The lowest BCUT2D eigenvalue weighted by Gasteiger charge is -2.31. The van der Waals surface area contributed by atoms with Gasteiger partial charge in [-0.1, -0.05) is 0 Å². The van der Waals surface area contributed by atoms with E-state index in [-0.39, 0.29) is 36.1 Å². The fraction of sp³-hybridized carbons (Fsp3) is 0.467. The first kappa shape index (κ1) is 18.3. The number of ether oxygens (including phenoxy) is 1. The minimum atomic E-state index is -0.771. The largest absolute Gasteiger partial charge is 0.469 e. The van der Waals surface area contributed by atoms with E-state index in [2.05, 4.69) is 4.74 Å². The van der Waals surface area contributed by atoms with Gasteiger partial charge in [-0.3, -0.25) is 29.8 Å². The smallest absolute Gasteiger partial charge is 0.308 e. The number of benzene rings is 1. The van der Waals surface area contributed by atoms with Crippen LogP contribution in [0.15, 0.2) is 12.1 Å². The molecule has 10 heteroatoms. The van der Waals surface area contributed by atoms with Gasteiger partial charge in [0.15, 0.2) is 0 Å². The molecule has 0 bridgehead atoms. The third kappa shape index (κ3) is 3.73. The Labute approximate surface area is 142 Å². The highest BCUT2D eigenvalue weighted by Gasteiger charge is 2.31. The molecule has 1 heterocycles. The minimum absolute atomic E-state index is 0.0718. The van der Waals surface area contributed by atoms with Gasteiger partial charge in [0.1, 0.15) is 0 Å². The molecule has 134 valence electrons. The number of hydrogen-bond donors (Lipinski definition) is 0. The third-order valence-electron chi connectivity index (χ3n) is 4.32. The van der Waals surface area contributed by atoms with Gasteiger partial charge in [0.2, 0.25) is 0 Å². The molecule has 0 spiro atoms. The van der Waals surface area contributed by atoms with E-state index in [9.17, 15) is 29.8 Å². The van der Waals surface area contributed by atoms with E-state index in [0.29, 0.717) is 12.8 Å². The van der Waals surface area contributed by atoms with Crippen molar-refractivity contribution in [3.8, 4) is 0 Å². The molecule has 1 aliphatic rings. The molecule has 10 nitrogen and oxygen atoms in total. The van der Waals surface area contributed by atoms with Crippen LogP contribution in [-0.2, 0) is 9.53 Å². The number of piperidine rings is 1. The molecule has 1 aliphatic heterocycles. The number of rotatable bonds is 4. The molecule has 1 fully saturated rings. The quantitative estimate of drug-likeness (QED) is 0.459. The van der Waals surface area contributed by atoms with Crippen LogP contribution < -0.4 is 0 Å². The number of carbonyl (C=O) groups excluding carboxylic acids is 2. The van der Waals surface area contributed by atoms with Gasteiger partial charge in [-0.25, -0.2) is 0 Å². The van der Waals surface area contributed by atoms with E-state index in [1.807, 2.05) is 0 Å². The maximum atomic E-state index is 12.7. The number of likely N-dealkylation sites (tertiary alicyclic amines) is 1. The molecular formula is C15H17N3O7. The number of esters is 1. The fourth-order valence-corrected chi connectivity index (χ4v) is 2.86. The number of amides is 1. The third-order valence-corrected chi connectivity index (χ3v) is 4.32. The van der Waals surface area contributed by atoms with Crippen LogP contribution in [0.5, 0.6) is 0 Å².